The Labute approximate surface area is 162 Å². The van der Waals surface area contributed by atoms with Crippen molar-refractivity contribution in [2.24, 2.45) is 5.10 Å². The maximum atomic E-state index is 13.8. The Kier molecular flexibility index (Phi) is 5.11. The summed E-state index contributed by atoms with van der Waals surface area (Å²) in [5.41, 5.74) is 3.46. The molecule has 8 heteroatoms. The van der Waals surface area contributed by atoms with Crippen molar-refractivity contribution in [3.05, 3.63) is 35.6 Å². The van der Waals surface area contributed by atoms with E-state index in [1.54, 1.807) is 11.0 Å². The predicted molar refractivity (Wildman–Crippen MR) is 99.9 cm³/mol. The Hall–Kier alpha value is -2.77. The van der Waals surface area contributed by atoms with E-state index in [1.165, 1.54) is 12.1 Å². The predicted octanol–water partition coefficient (Wildman–Crippen LogP) is 1.44. The largest absolute Gasteiger partial charge is 0.351 e. The lowest BCUT2D eigenvalue weighted by Crippen LogP contribution is -2.50. The monoisotopic (exact) mass is 386 g/mol. The molecule has 3 aliphatic heterocycles. The molecule has 3 atom stereocenters. The van der Waals surface area contributed by atoms with Crippen LogP contribution < -0.4 is 10.7 Å². The van der Waals surface area contributed by atoms with Crippen LogP contribution in [0.3, 0.4) is 0 Å². The van der Waals surface area contributed by atoms with Crippen molar-refractivity contribution in [1.29, 1.82) is 0 Å². The molecule has 3 amide bonds. The fourth-order valence-corrected chi connectivity index (χ4v) is 4.43. The Morgan fingerprint density at radius 2 is 2.00 bits per heavy atom. The zero-order chi connectivity index (χ0) is 19.7. The summed E-state index contributed by atoms with van der Waals surface area (Å²) in [5, 5.41) is 7.02. The first-order valence-corrected chi connectivity index (χ1v) is 9.74. The molecule has 0 spiro atoms. The molecule has 1 aromatic rings. The highest BCUT2D eigenvalue weighted by Gasteiger charge is 2.46. The fraction of sp³-hybridized carbons (Fsp3) is 0.500. The van der Waals surface area contributed by atoms with Crippen molar-refractivity contribution in [2.75, 3.05) is 6.54 Å². The van der Waals surface area contributed by atoms with E-state index < -0.39 is 0 Å². The summed E-state index contributed by atoms with van der Waals surface area (Å²) in [7, 11) is 0. The Balaban J connectivity index is 1.66. The van der Waals surface area contributed by atoms with E-state index >= 15 is 0 Å². The second-order valence-electron chi connectivity index (χ2n) is 7.62. The summed E-state index contributed by atoms with van der Waals surface area (Å²) in [5.74, 6) is -0.982. The molecule has 4 rings (SSSR count). The van der Waals surface area contributed by atoms with Crippen molar-refractivity contribution in [3.8, 4) is 0 Å². The number of benzene rings is 1. The fourth-order valence-electron chi connectivity index (χ4n) is 4.43. The molecule has 0 unspecified atom stereocenters. The van der Waals surface area contributed by atoms with Gasteiger partial charge in [0.25, 0.3) is 5.91 Å². The topological polar surface area (TPSA) is 90.9 Å². The van der Waals surface area contributed by atoms with Gasteiger partial charge in [-0.2, -0.15) is 5.10 Å². The average molecular weight is 386 g/mol. The van der Waals surface area contributed by atoms with Gasteiger partial charge in [-0.15, -0.1) is 0 Å². The first kappa shape index (κ1) is 18.6. The van der Waals surface area contributed by atoms with E-state index in [4.69, 9.17) is 0 Å². The van der Waals surface area contributed by atoms with Crippen molar-refractivity contribution >= 4 is 23.4 Å². The van der Waals surface area contributed by atoms with Crippen LogP contribution in [-0.2, 0) is 14.4 Å². The van der Waals surface area contributed by atoms with Gasteiger partial charge in [-0.25, -0.2) is 9.82 Å². The molecule has 0 aliphatic carbocycles. The molecule has 2 saturated heterocycles. The van der Waals surface area contributed by atoms with Crippen LogP contribution in [0.25, 0.3) is 0 Å². The maximum Gasteiger partial charge on any atom is 0.270 e. The second kappa shape index (κ2) is 7.69. The summed E-state index contributed by atoms with van der Waals surface area (Å²) >= 11 is 0. The van der Waals surface area contributed by atoms with Crippen LogP contribution in [0.1, 0.15) is 50.0 Å². The lowest BCUT2D eigenvalue weighted by molar-refractivity contribution is -0.127. The Morgan fingerprint density at radius 3 is 2.75 bits per heavy atom. The molecule has 3 aliphatic rings. The quantitative estimate of drug-likeness (QED) is 0.806. The van der Waals surface area contributed by atoms with Gasteiger partial charge in [0.1, 0.15) is 11.5 Å². The second-order valence-corrected chi connectivity index (χ2v) is 7.62. The Morgan fingerprint density at radius 1 is 1.14 bits per heavy atom. The SMILES string of the molecule is O=C1CCC(C(=O)N2C[C@@H](c3cccc(F)c3)[C@@H]3NC(=O)CCCC[C@H]32)=NN1. The summed E-state index contributed by atoms with van der Waals surface area (Å²) < 4.78 is 13.8. The molecule has 7 nitrogen and oxygen atoms in total. The van der Waals surface area contributed by atoms with E-state index in [0.717, 1.165) is 24.8 Å². The van der Waals surface area contributed by atoms with Gasteiger partial charge >= 0.3 is 0 Å². The molecular formula is C20H23FN4O3. The maximum absolute atomic E-state index is 13.8. The normalized spacial score (nSPS) is 27.8. The number of nitrogens with one attached hydrogen (secondary N) is 2. The standard InChI is InChI=1S/C20H23FN4O3/c21-13-5-3-4-12(10-13)14-11-25(20(28)15-8-9-18(27)24-23-15)16-6-1-2-7-17(26)22-19(14)16/h3-5,10,14,16,19H,1-2,6-9,11H2,(H,22,26)(H,24,27)/t14-,16+,19-/m0/s1. The molecule has 2 N–H and O–H groups in total. The van der Waals surface area contributed by atoms with Crippen LogP contribution in [-0.4, -0.2) is 47.0 Å². The highest BCUT2D eigenvalue weighted by atomic mass is 19.1. The lowest BCUT2D eigenvalue weighted by atomic mass is 9.88. The summed E-state index contributed by atoms with van der Waals surface area (Å²) in [4.78, 5) is 38.5. The zero-order valence-corrected chi connectivity index (χ0v) is 15.5. The number of carbonyl (C=O) groups is 3. The van der Waals surface area contributed by atoms with Gasteiger partial charge in [-0.3, -0.25) is 14.4 Å². The molecule has 1 aromatic carbocycles. The minimum atomic E-state index is -0.338. The molecule has 3 heterocycles. The number of hydrazone groups is 1. The van der Waals surface area contributed by atoms with E-state index in [1.807, 2.05) is 6.07 Å². The van der Waals surface area contributed by atoms with E-state index in [2.05, 4.69) is 15.8 Å². The van der Waals surface area contributed by atoms with Crippen LogP contribution in [0.15, 0.2) is 29.4 Å². The van der Waals surface area contributed by atoms with Gasteiger partial charge in [0.05, 0.1) is 12.1 Å². The molecule has 0 saturated carbocycles. The van der Waals surface area contributed by atoms with Crippen LogP contribution in [0, 0.1) is 5.82 Å². The first-order chi connectivity index (χ1) is 13.5. The van der Waals surface area contributed by atoms with Gasteiger partial charge in [0.2, 0.25) is 11.8 Å². The molecule has 0 aromatic heterocycles. The molecule has 2 fully saturated rings. The number of fused-ring (bicyclic) bond motifs is 1. The van der Waals surface area contributed by atoms with Crippen LogP contribution >= 0.6 is 0 Å². The van der Waals surface area contributed by atoms with E-state index in [9.17, 15) is 18.8 Å². The van der Waals surface area contributed by atoms with E-state index in [0.29, 0.717) is 25.1 Å². The molecule has 28 heavy (non-hydrogen) atoms. The lowest BCUT2D eigenvalue weighted by Gasteiger charge is -2.31. The van der Waals surface area contributed by atoms with Crippen LogP contribution in [0.5, 0.6) is 0 Å². The summed E-state index contributed by atoms with van der Waals surface area (Å²) in [6.07, 6.45) is 3.39. The number of halogens is 1. The highest BCUT2D eigenvalue weighted by molar-refractivity contribution is 6.39. The van der Waals surface area contributed by atoms with Crippen LogP contribution in [0.4, 0.5) is 4.39 Å². The first-order valence-electron chi connectivity index (χ1n) is 9.74. The summed E-state index contributed by atoms with van der Waals surface area (Å²) in [6.45, 7) is 0.380. The Bertz CT molecular complexity index is 840. The molecule has 0 bridgehead atoms. The van der Waals surface area contributed by atoms with Crippen molar-refractivity contribution in [1.82, 2.24) is 15.6 Å². The van der Waals surface area contributed by atoms with Gasteiger partial charge in [-0.1, -0.05) is 18.6 Å². The van der Waals surface area contributed by atoms with Crippen molar-refractivity contribution in [3.63, 3.8) is 0 Å². The average Bonchev–Trinajstić information content (AvgIpc) is 3.01. The third-order valence-corrected chi connectivity index (χ3v) is 5.81. The molecular weight excluding hydrogens is 363 g/mol. The highest BCUT2D eigenvalue weighted by Crippen LogP contribution is 2.36. The summed E-state index contributed by atoms with van der Waals surface area (Å²) in [6, 6.07) is 5.90. The van der Waals surface area contributed by atoms with E-state index in [-0.39, 0.29) is 48.0 Å². The van der Waals surface area contributed by atoms with Gasteiger partial charge < -0.3 is 10.2 Å². The third kappa shape index (κ3) is 3.63. The zero-order valence-electron chi connectivity index (χ0n) is 15.5. The third-order valence-electron chi connectivity index (χ3n) is 5.81. The van der Waals surface area contributed by atoms with Crippen molar-refractivity contribution < 1.29 is 18.8 Å². The van der Waals surface area contributed by atoms with Crippen molar-refractivity contribution in [2.45, 2.75) is 56.5 Å². The number of rotatable bonds is 2. The van der Waals surface area contributed by atoms with Gasteiger partial charge in [0, 0.05) is 31.7 Å². The van der Waals surface area contributed by atoms with Crippen LogP contribution in [0.2, 0.25) is 0 Å². The molecule has 0 radical (unpaired) electrons. The number of carbonyl (C=O) groups excluding carboxylic acids is 3. The van der Waals surface area contributed by atoms with Gasteiger partial charge in [-0.05, 0) is 30.5 Å². The minimum Gasteiger partial charge on any atom is -0.351 e. The molecule has 148 valence electrons. The number of likely N-dealkylation sites (tertiary alicyclic amines) is 1. The van der Waals surface area contributed by atoms with Gasteiger partial charge in [0.15, 0.2) is 0 Å². The smallest absolute Gasteiger partial charge is 0.270 e. The number of hydrogen-bond acceptors (Lipinski definition) is 4. The number of nitrogens with zero attached hydrogens (tertiary/aromatic N) is 2. The number of amides is 3. The minimum absolute atomic E-state index is 0.0346. The number of hydrogen-bond donors (Lipinski definition) is 2.